The molecule has 152 valence electrons. The molecule has 1 heterocycles. The molecule has 0 bridgehead atoms. The van der Waals surface area contributed by atoms with E-state index in [1.54, 1.807) is 0 Å². The summed E-state index contributed by atoms with van der Waals surface area (Å²) in [6.07, 6.45) is 10.5. The lowest BCUT2D eigenvalue weighted by molar-refractivity contribution is 0.0281. The Hall–Kier alpha value is -0.850. The minimum absolute atomic E-state index is 0.505. The Balaban J connectivity index is 1.49. The summed E-state index contributed by atoms with van der Waals surface area (Å²) in [5.74, 6) is 0.941. The predicted molar refractivity (Wildman–Crippen MR) is 108 cm³/mol. The molecule has 1 aliphatic heterocycles. The van der Waals surface area contributed by atoms with Crippen LogP contribution in [-0.4, -0.2) is 76.1 Å². The lowest BCUT2D eigenvalue weighted by Crippen LogP contribution is -2.39. The van der Waals surface area contributed by atoms with Crippen molar-refractivity contribution in [3.63, 3.8) is 0 Å². The van der Waals surface area contributed by atoms with E-state index >= 15 is 0 Å². The number of hydrogen-bond donors (Lipinski definition) is 2. The van der Waals surface area contributed by atoms with Gasteiger partial charge in [0, 0.05) is 39.3 Å². The van der Waals surface area contributed by atoms with Crippen LogP contribution in [0.2, 0.25) is 0 Å². The molecular weight excluding hydrogens is 328 g/mol. The third kappa shape index (κ3) is 9.74. The fourth-order valence-corrected chi connectivity index (χ4v) is 3.57. The number of hydrogen-bond acceptors (Lipinski definition) is 4. The number of rotatable bonds is 11. The molecule has 1 aliphatic carbocycles. The molecule has 1 saturated carbocycles. The van der Waals surface area contributed by atoms with E-state index in [2.05, 4.69) is 27.4 Å². The van der Waals surface area contributed by atoms with Crippen LogP contribution in [0.1, 0.15) is 58.3 Å². The first-order valence-corrected chi connectivity index (χ1v) is 10.8. The van der Waals surface area contributed by atoms with Crippen molar-refractivity contribution in [3.05, 3.63) is 0 Å². The highest BCUT2D eigenvalue weighted by Crippen LogP contribution is 2.20. The van der Waals surface area contributed by atoms with Gasteiger partial charge in [-0.15, -0.1) is 0 Å². The van der Waals surface area contributed by atoms with Gasteiger partial charge >= 0.3 is 0 Å². The Morgan fingerprint density at radius 2 is 1.88 bits per heavy atom. The van der Waals surface area contributed by atoms with Gasteiger partial charge in [0.15, 0.2) is 5.96 Å². The van der Waals surface area contributed by atoms with Gasteiger partial charge in [-0.25, -0.2) is 0 Å². The molecule has 0 radical (unpaired) electrons. The Bertz CT molecular complexity index is 367. The monoisotopic (exact) mass is 368 g/mol. The van der Waals surface area contributed by atoms with Crippen molar-refractivity contribution in [1.82, 2.24) is 15.5 Å². The third-order valence-electron chi connectivity index (χ3n) is 5.12. The molecule has 0 amide bonds. The van der Waals surface area contributed by atoms with Crippen LogP contribution in [0.5, 0.6) is 0 Å². The van der Waals surface area contributed by atoms with Crippen molar-refractivity contribution >= 4 is 5.96 Å². The molecule has 2 N–H and O–H groups in total. The van der Waals surface area contributed by atoms with Crippen LogP contribution < -0.4 is 10.6 Å². The summed E-state index contributed by atoms with van der Waals surface area (Å²) in [5, 5.41) is 6.79. The summed E-state index contributed by atoms with van der Waals surface area (Å²) < 4.78 is 11.4. The van der Waals surface area contributed by atoms with E-state index in [4.69, 9.17) is 9.47 Å². The number of morpholine rings is 1. The van der Waals surface area contributed by atoms with Crippen LogP contribution in [0.3, 0.4) is 0 Å². The molecule has 2 aliphatic rings. The van der Waals surface area contributed by atoms with Gasteiger partial charge in [-0.2, -0.15) is 0 Å². The van der Waals surface area contributed by atoms with E-state index in [-0.39, 0.29) is 0 Å². The highest BCUT2D eigenvalue weighted by Gasteiger charge is 2.13. The quantitative estimate of drug-likeness (QED) is 0.333. The molecule has 26 heavy (non-hydrogen) atoms. The van der Waals surface area contributed by atoms with Gasteiger partial charge in [0.25, 0.3) is 0 Å². The van der Waals surface area contributed by atoms with E-state index in [0.717, 1.165) is 64.9 Å². The van der Waals surface area contributed by atoms with Crippen molar-refractivity contribution in [1.29, 1.82) is 0 Å². The second kappa shape index (κ2) is 14.2. The molecule has 2 fully saturated rings. The maximum Gasteiger partial charge on any atom is 0.191 e. The molecule has 0 aromatic rings. The molecule has 1 saturated heterocycles. The van der Waals surface area contributed by atoms with Gasteiger partial charge in [0.1, 0.15) is 0 Å². The topological polar surface area (TPSA) is 58.1 Å². The first-order valence-electron chi connectivity index (χ1n) is 10.8. The molecule has 0 atom stereocenters. The maximum atomic E-state index is 5.97. The van der Waals surface area contributed by atoms with E-state index in [1.165, 1.54) is 51.5 Å². The smallest absolute Gasteiger partial charge is 0.191 e. The van der Waals surface area contributed by atoms with Gasteiger partial charge in [-0.1, -0.05) is 19.3 Å². The number of ether oxygens (including phenoxy) is 2. The predicted octanol–water partition coefficient (Wildman–Crippen LogP) is 2.39. The van der Waals surface area contributed by atoms with Crippen LogP contribution >= 0.6 is 0 Å². The Labute approximate surface area is 160 Å². The van der Waals surface area contributed by atoms with Gasteiger partial charge in [-0.3, -0.25) is 9.89 Å². The Morgan fingerprint density at radius 3 is 2.65 bits per heavy atom. The summed E-state index contributed by atoms with van der Waals surface area (Å²) in [5.41, 5.74) is 0. The Morgan fingerprint density at radius 1 is 1.08 bits per heavy atom. The summed E-state index contributed by atoms with van der Waals surface area (Å²) in [4.78, 5) is 7.17. The van der Waals surface area contributed by atoms with Gasteiger partial charge in [0.05, 0.1) is 19.3 Å². The lowest BCUT2D eigenvalue weighted by Gasteiger charge is -2.26. The van der Waals surface area contributed by atoms with Crippen LogP contribution in [0.25, 0.3) is 0 Å². The van der Waals surface area contributed by atoms with Crippen molar-refractivity contribution in [2.75, 3.05) is 59.1 Å². The minimum Gasteiger partial charge on any atom is -0.379 e. The first kappa shape index (κ1) is 21.5. The van der Waals surface area contributed by atoms with E-state index in [9.17, 15) is 0 Å². The van der Waals surface area contributed by atoms with Gasteiger partial charge < -0.3 is 20.1 Å². The number of aliphatic imine (C=N–C) groups is 1. The molecule has 0 aromatic heterocycles. The molecule has 6 heteroatoms. The van der Waals surface area contributed by atoms with Gasteiger partial charge in [0.2, 0.25) is 0 Å². The number of nitrogens with zero attached hydrogens (tertiary/aromatic N) is 2. The second-order valence-corrected chi connectivity index (χ2v) is 7.33. The van der Waals surface area contributed by atoms with E-state index in [0.29, 0.717) is 6.10 Å². The van der Waals surface area contributed by atoms with Crippen LogP contribution in [0.4, 0.5) is 0 Å². The average Bonchev–Trinajstić information content (AvgIpc) is 2.69. The molecular formula is C20H40N4O2. The first-order chi connectivity index (χ1) is 12.9. The van der Waals surface area contributed by atoms with Crippen LogP contribution in [0, 0.1) is 0 Å². The van der Waals surface area contributed by atoms with Crippen molar-refractivity contribution in [3.8, 4) is 0 Å². The SMILES string of the molecule is CCNC(=NCCCOC1CCCCC1)NCCCCN1CCOCC1. The fourth-order valence-electron chi connectivity index (χ4n) is 3.57. The standard InChI is InChI=1S/C20H40N4O2/c1-2-21-20(22-11-6-7-13-24-14-17-25-18-15-24)23-12-8-16-26-19-9-4-3-5-10-19/h19H,2-18H2,1H3,(H2,21,22,23). The van der Waals surface area contributed by atoms with Crippen LogP contribution in [0.15, 0.2) is 4.99 Å². The zero-order valence-electron chi connectivity index (χ0n) is 16.8. The highest BCUT2D eigenvalue weighted by molar-refractivity contribution is 5.79. The zero-order chi connectivity index (χ0) is 18.3. The maximum absolute atomic E-state index is 5.97. The zero-order valence-corrected chi connectivity index (χ0v) is 16.8. The molecule has 0 aromatic carbocycles. The normalized spacial score (nSPS) is 20.3. The Kier molecular flexibility index (Phi) is 11.7. The number of guanidine groups is 1. The number of unbranched alkanes of at least 4 members (excludes halogenated alkanes) is 1. The average molecular weight is 369 g/mol. The minimum atomic E-state index is 0.505. The molecule has 0 spiro atoms. The lowest BCUT2D eigenvalue weighted by atomic mass is 9.98. The molecule has 2 rings (SSSR count). The second-order valence-electron chi connectivity index (χ2n) is 7.33. The fraction of sp³-hybridized carbons (Fsp3) is 0.950. The van der Waals surface area contributed by atoms with E-state index in [1.807, 2.05) is 0 Å². The largest absolute Gasteiger partial charge is 0.379 e. The van der Waals surface area contributed by atoms with E-state index < -0.39 is 0 Å². The third-order valence-corrected chi connectivity index (χ3v) is 5.12. The molecule has 6 nitrogen and oxygen atoms in total. The van der Waals surface area contributed by atoms with Crippen molar-refractivity contribution in [2.24, 2.45) is 4.99 Å². The van der Waals surface area contributed by atoms with Crippen molar-refractivity contribution < 1.29 is 9.47 Å². The molecule has 0 unspecified atom stereocenters. The summed E-state index contributed by atoms with van der Waals surface area (Å²) >= 11 is 0. The number of nitrogens with one attached hydrogen (secondary N) is 2. The van der Waals surface area contributed by atoms with Crippen LogP contribution in [-0.2, 0) is 9.47 Å². The summed E-state index contributed by atoms with van der Waals surface area (Å²) in [6.45, 7) is 10.8. The van der Waals surface area contributed by atoms with Gasteiger partial charge in [-0.05, 0) is 45.6 Å². The summed E-state index contributed by atoms with van der Waals surface area (Å²) in [6, 6.07) is 0. The van der Waals surface area contributed by atoms with Crippen molar-refractivity contribution in [2.45, 2.75) is 64.4 Å². The summed E-state index contributed by atoms with van der Waals surface area (Å²) in [7, 11) is 0. The highest BCUT2D eigenvalue weighted by atomic mass is 16.5.